The van der Waals surface area contributed by atoms with Crippen LogP contribution in [0, 0.1) is 5.92 Å². The highest BCUT2D eigenvalue weighted by atomic mass is 16.1. The fraction of sp³-hybridized carbons (Fsp3) is 0.318. The van der Waals surface area contributed by atoms with Gasteiger partial charge in [-0.15, -0.1) is 0 Å². The number of carbonyl (C=O) groups excluding carboxylic acids is 1. The van der Waals surface area contributed by atoms with E-state index in [0.717, 1.165) is 17.7 Å². The predicted molar refractivity (Wildman–Crippen MR) is 103 cm³/mol. The fourth-order valence-corrected chi connectivity index (χ4v) is 2.54. The van der Waals surface area contributed by atoms with E-state index in [9.17, 15) is 4.79 Å². The number of rotatable bonds is 6. The van der Waals surface area contributed by atoms with Gasteiger partial charge >= 0.3 is 0 Å². The maximum absolute atomic E-state index is 12.0. The first-order valence-corrected chi connectivity index (χ1v) is 8.62. The summed E-state index contributed by atoms with van der Waals surface area (Å²) in [5.74, 6) is 1.03. The molecule has 0 heterocycles. The fourth-order valence-electron chi connectivity index (χ4n) is 2.54. The smallest absolute Gasteiger partial charge is 0.248 e. The van der Waals surface area contributed by atoms with E-state index in [1.807, 2.05) is 18.2 Å². The molecular formula is C22H27NO. The normalized spacial score (nSPS) is 11.4. The Kier molecular flexibility index (Phi) is 6.36. The molecule has 0 fully saturated rings. The third-order valence-electron chi connectivity index (χ3n) is 3.90. The van der Waals surface area contributed by atoms with Crippen molar-refractivity contribution in [3.8, 4) is 0 Å². The SMILES string of the molecule is CC(C)Cc1ccc(C=CC(=O)Nc2ccc(C(C)C)cc2)cc1. The van der Waals surface area contributed by atoms with Crippen LogP contribution in [0.25, 0.3) is 6.08 Å². The summed E-state index contributed by atoms with van der Waals surface area (Å²) in [6, 6.07) is 16.4. The molecule has 1 amide bonds. The highest BCUT2D eigenvalue weighted by Gasteiger charge is 2.01. The van der Waals surface area contributed by atoms with Crippen molar-refractivity contribution < 1.29 is 4.79 Å². The lowest BCUT2D eigenvalue weighted by Gasteiger charge is -2.07. The summed E-state index contributed by atoms with van der Waals surface area (Å²) in [6.45, 7) is 8.74. The minimum atomic E-state index is -0.112. The number of hydrogen-bond donors (Lipinski definition) is 1. The van der Waals surface area contributed by atoms with E-state index in [4.69, 9.17) is 0 Å². The Labute approximate surface area is 145 Å². The molecule has 2 aromatic carbocycles. The van der Waals surface area contributed by atoms with E-state index in [-0.39, 0.29) is 5.91 Å². The van der Waals surface area contributed by atoms with Crippen LogP contribution in [0.2, 0.25) is 0 Å². The van der Waals surface area contributed by atoms with Gasteiger partial charge in [0.2, 0.25) is 5.91 Å². The molecule has 2 aromatic rings. The van der Waals surface area contributed by atoms with Gasteiger partial charge in [0.05, 0.1) is 0 Å². The van der Waals surface area contributed by atoms with Crippen LogP contribution in [-0.2, 0) is 11.2 Å². The van der Waals surface area contributed by atoms with Crippen molar-refractivity contribution in [3.05, 3.63) is 71.3 Å². The number of carbonyl (C=O) groups is 1. The Hall–Kier alpha value is -2.35. The second-order valence-corrected chi connectivity index (χ2v) is 6.94. The molecule has 0 aliphatic carbocycles. The quantitative estimate of drug-likeness (QED) is 0.683. The molecule has 0 unspecified atom stereocenters. The monoisotopic (exact) mass is 321 g/mol. The highest BCUT2D eigenvalue weighted by Crippen LogP contribution is 2.17. The van der Waals surface area contributed by atoms with Crippen LogP contribution >= 0.6 is 0 Å². The molecular weight excluding hydrogens is 294 g/mol. The van der Waals surface area contributed by atoms with Gasteiger partial charge in [-0.3, -0.25) is 4.79 Å². The lowest BCUT2D eigenvalue weighted by atomic mass is 10.0. The van der Waals surface area contributed by atoms with Crippen LogP contribution in [-0.4, -0.2) is 5.91 Å². The van der Waals surface area contributed by atoms with Crippen molar-refractivity contribution in [1.82, 2.24) is 0 Å². The number of anilines is 1. The molecule has 0 saturated heterocycles. The predicted octanol–water partition coefficient (Wildman–Crippen LogP) is 5.66. The van der Waals surface area contributed by atoms with Crippen molar-refractivity contribution in [1.29, 1.82) is 0 Å². The van der Waals surface area contributed by atoms with Crippen molar-refractivity contribution in [2.24, 2.45) is 5.92 Å². The Balaban J connectivity index is 1.92. The van der Waals surface area contributed by atoms with Crippen LogP contribution in [0.5, 0.6) is 0 Å². The molecule has 0 aromatic heterocycles. The average molecular weight is 321 g/mol. The minimum absolute atomic E-state index is 0.112. The highest BCUT2D eigenvalue weighted by molar-refractivity contribution is 6.01. The molecule has 0 radical (unpaired) electrons. The van der Waals surface area contributed by atoms with Crippen LogP contribution in [0.4, 0.5) is 5.69 Å². The molecule has 1 N–H and O–H groups in total. The summed E-state index contributed by atoms with van der Waals surface area (Å²) >= 11 is 0. The first kappa shape index (κ1) is 18.0. The summed E-state index contributed by atoms with van der Waals surface area (Å²) < 4.78 is 0. The summed E-state index contributed by atoms with van der Waals surface area (Å²) in [6.07, 6.45) is 4.50. The van der Waals surface area contributed by atoms with Gasteiger partial charge in [-0.2, -0.15) is 0 Å². The molecule has 0 aliphatic rings. The second kappa shape index (κ2) is 8.49. The molecule has 24 heavy (non-hydrogen) atoms. The molecule has 0 aliphatic heterocycles. The van der Waals surface area contributed by atoms with Gasteiger partial charge in [-0.25, -0.2) is 0 Å². The lowest BCUT2D eigenvalue weighted by molar-refractivity contribution is -0.111. The minimum Gasteiger partial charge on any atom is -0.323 e. The van der Waals surface area contributed by atoms with E-state index in [1.165, 1.54) is 11.1 Å². The zero-order chi connectivity index (χ0) is 17.5. The largest absolute Gasteiger partial charge is 0.323 e. The summed E-state index contributed by atoms with van der Waals surface area (Å²) in [7, 11) is 0. The average Bonchev–Trinajstić information content (AvgIpc) is 2.54. The second-order valence-electron chi connectivity index (χ2n) is 6.94. The number of nitrogens with one attached hydrogen (secondary N) is 1. The third-order valence-corrected chi connectivity index (χ3v) is 3.90. The van der Waals surface area contributed by atoms with E-state index in [0.29, 0.717) is 11.8 Å². The van der Waals surface area contributed by atoms with Gasteiger partial charge in [0.1, 0.15) is 0 Å². The Morgan fingerprint density at radius 1 is 0.958 bits per heavy atom. The van der Waals surface area contributed by atoms with Gasteiger partial charge in [-0.05, 0) is 53.2 Å². The zero-order valence-corrected chi connectivity index (χ0v) is 15.0. The van der Waals surface area contributed by atoms with Gasteiger partial charge in [0.15, 0.2) is 0 Å². The van der Waals surface area contributed by atoms with E-state index < -0.39 is 0 Å². The van der Waals surface area contributed by atoms with Crippen molar-refractivity contribution >= 4 is 17.7 Å². The summed E-state index contributed by atoms with van der Waals surface area (Å²) in [5.41, 5.74) is 4.45. The summed E-state index contributed by atoms with van der Waals surface area (Å²) in [5, 5.41) is 2.89. The summed E-state index contributed by atoms with van der Waals surface area (Å²) in [4.78, 5) is 12.0. The van der Waals surface area contributed by atoms with Gasteiger partial charge in [-0.1, -0.05) is 64.1 Å². The molecule has 126 valence electrons. The topological polar surface area (TPSA) is 29.1 Å². The molecule has 0 bridgehead atoms. The van der Waals surface area contributed by atoms with E-state index >= 15 is 0 Å². The number of hydrogen-bond acceptors (Lipinski definition) is 1. The molecule has 2 nitrogen and oxygen atoms in total. The Morgan fingerprint density at radius 2 is 1.58 bits per heavy atom. The maximum atomic E-state index is 12.0. The molecule has 0 atom stereocenters. The lowest BCUT2D eigenvalue weighted by Crippen LogP contribution is -2.07. The molecule has 2 heteroatoms. The van der Waals surface area contributed by atoms with Gasteiger partial charge in [0.25, 0.3) is 0 Å². The van der Waals surface area contributed by atoms with Crippen molar-refractivity contribution in [2.75, 3.05) is 5.32 Å². The van der Waals surface area contributed by atoms with Crippen molar-refractivity contribution in [3.63, 3.8) is 0 Å². The molecule has 0 spiro atoms. The standard InChI is InChI=1S/C22H27NO/c1-16(2)15-19-7-5-18(6-8-19)9-14-22(24)23-21-12-10-20(11-13-21)17(3)4/h5-14,16-17H,15H2,1-4H3,(H,23,24). The van der Waals surface area contributed by atoms with Crippen LogP contribution in [0.1, 0.15) is 50.3 Å². The van der Waals surface area contributed by atoms with Gasteiger partial charge in [0, 0.05) is 11.8 Å². The van der Waals surface area contributed by atoms with E-state index in [2.05, 4.69) is 69.4 Å². The first-order valence-electron chi connectivity index (χ1n) is 8.62. The zero-order valence-electron chi connectivity index (χ0n) is 15.0. The first-order chi connectivity index (χ1) is 11.4. The maximum Gasteiger partial charge on any atom is 0.248 e. The number of benzene rings is 2. The van der Waals surface area contributed by atoms with E-state index in [1.54, 1.807) is 6.08 Å². The molecule has 0 saturated carbocycles. The van der Waals surface area contributed by atoms with Crippen molar-refractivity contribution in [2.45, 2.75) is 40.0 Å². The van der Waals surface area contributed by atoms with Crippen LogP contribution in [0.3, 0.4) is 0 Å². The Morgan fingerprint density at radius 3 is 2.12 bits per heavy atom. The van der Waals surface area contributed by atoms with Gasteiger partial charge < -0.3 is 5.32 Å². The van der Waals surface area contributed by atoms with Crippen LogP contribution in [0.15, 0.2) is 54.6 Å². The Bertz CT molecular complexity index is 679. The molecule has 2 rings (SSSR count). The number of amides is 1. The third kappa shape index (κ3) is 5.69. The van der Waals surface area contributed by atoms with Crippen LogP contribution < -0.4 is 5.32 Å².